The van der Waals surface area contributed by atoms with Gasteiger partial charge in [0.1, 0.15) is 11.6 Å². The molecule has 2 aromatic carbocycles. The predicted molar refractivity (Wildman–Crippen MR) is 75.2 cm³/mol. The Morgan fingerprint density at radius 2 is 1.75 bits per heavy atom. The lowest BCUT2D eigenvalue weighted by atomic mass is 10.2. The number of carbonyl (C=O) groups is 1. The molecule has 0 aliphatic heterocycles. The smallest absolute Gasteiger partial charge is 0.251 e. The Morgan fingerprint density at radius 3 is 2.35 bits per heavy atom. The van der Waals surface area contributed by atoms with Gasteiger partial charge in [-0.25, -0.2) is 4.39 Å². The van der Waals surface area contributed by atoms with Gasteiger partial charge in [-0.1, -0.05) is 12.1 Å². The highest BCUT2D eigenvalue weighted by Crippen LogP contribution is 2.12. The van der Waals surface area contributed by atoms with Crippen molar-refractivity contribution in [3.05, 3.63) is 65.5 Å². The van der Waals surface area contributed by atoms with E-state index in [4.69, 9.17) is 4.74 Å². The second-order valence-corrected chi connectivity index (χ2v) is 4.27. The van der Waals surface area contributed by atoms with Gasteiger partial charge in [0.05, 0.1) is 6.61 Å². The first kappa shape index (κ1) is 14.1. The monoisotopic (exact) mass is 273 g/mol. The van der Waals surface area contributed by atoms with Gasteiger partial charge < -0.3 is 10.1 Å². The summed E-state index contributed by atoms with van der Waals surface area (Å²) in [6.07, 6.45) is 0. The van der Waals surface area contributed by atoms with Crippen LogP contribution in [-0.2, 0) is 6.54 Å². The zero-order valence-corrected chi connectivity index (χ0v) is 11.2. The molecule has 0 saturated carbocycles. The Labute approximate surface area is 117 Å². The van der Waals surface area contributed by atoms with Crippen LogP contribution in [0.25, 0.3) is 0 Å². The van der Waals surface area contributed by atoms with E-state index in [9.17, 15) is 9.18 Å². The second kappa shape index (κ2) is 6.70. The van der Waals surface area contributed by atoms with Crippen molar-refractivity contribution in [3.63, 3.8) is 0 Å². The molecule has 0 atom stereocenters. The van der Waals surface area contributed by atoms with Gasteiger partial charge in [-0.15, -0.1) is 0 Å². The van der Waals surface area contributed by atoms with Gasteiger partial charge in [-0.2, -0.15) is 0 Å². The first-order valence-electron chi connectivity index (χ1n) is 6.44. The fourth-order valence-electron chi connectivity index (χ4n) is 1.76. The summed E-state index contributed by atoms with van der Waals surface area (Å²) in [4.78, 5) is 11.9. The van der Waals surface area contributed by atoms with Crippen molar-refractivity contribution in [1.82, 2.24) is 5.32 Å². The summed E-state index contributed by atoms with van der Waals surface area (Å²) in [5, 5.41) is 2.78. The van der Waals surface area contributed by atoms with Gasteiger partial charge in [0, 0.05) is 12.1 Å². The third-order valence-corrected chi connectivity index (χ3v) is 2.79. The molecule has 20 heavy (non-hydrogen) atoms. The summed E-state index contributed by atoms with van der Waals surface area (Å²) in [7, 11) is 0. The maximum Gasteiger partial charge on any atom is 0.251 e. The van der Waals surface area contributed by atoms with Crippen LogP contribution in [0.1, 0.15) is 22.8 Å². The van der Waals surface area contributed by atoms with Crippen molar-refractivity contribution in [2.75, 3.05) is 6.61 Å². The van der Waals surface area contributed by atoms with Gasteiger partial charge in [0.25, 0.3) is 5.91 Å². The van der Waals surface area contributed by atoms with E-state index in [0.29, 0.717) is 18.7 Å². The largest absolute Gasteiger partial charge is 0.494 e. The van der Waals surface area contributed by atoms with E-state index in [-0.39, 0.29) is 11.7 Å². The topological polar surface area (TPSA) is 38.3 Å². The molecule has 0 aromatic heterocycles. The van der Waals surface area contributed by atoms with Crippen LogP contribution in [0, 0.1) is 5.82 Å². The van der Waals surface area contributed by atoms with Crippen LogP contribution >= 0.6 is 0 Å². The van der Waals surface area contributed by atoms with E-state index in [1.807, 2.05) is 6.92 Å². The predicted octanol–water partition coefficient (Wildman–Crippen LogP) is 3.15. The lowest BCUT2D eigenvalue weighted by Gasteiger charge is -2.07. The van der Waals surface area contributed by atoms with Crippen molar-refractivity contribution in [3.8, 4) is 5.75 Å². The highest BCUT2D eigenvalue weighted by molar-refractivity contribution is 5.94. The number of amides is 1. The van der Waals surface area contributed by atoms with Crippen LogP contribution in [-0.4, -0.2) is 12.5 Å². The van der Waals surface area contributed by atoms with Gasteiger partial charge >= 0.3 is 0 Å². The van der Waals surface area contributed by atoms with E-state index in [0.717, 1.165) is 11.3 Å². The van der Waals surface area contributed by atoms with Crippen molar-refractivity contribution in [2.45, 2.75) is 13.5 Å². The molecule has 4 heteroatoms. The number of halogens is 1. The van der Waals surface area contributed by atoms with Crippen LogP contribution in [0.4, 0.5) is 4.39 Å². The molecule has 1 amide bonds. The Bertz CT molecular complexity index is 564. The summed E-state index contributed by atoms with van der Waals surface area (Å²) in [5.74, 6) is 0.284. The molecular formula is C16H16FNO2. The van der Waals surface area contributed by atoms with Crippen molar-refractivity contribution in [2.24, 2.45) is 0 Å². The lowest BCUT2D eigenvalue weighted by molar-refractivity contribution is 0.0951. The van der Waals surface area contributed by atoms with Crippen molar-refractivity contribution in [1.29, 1.82) is 0 Å². The summed E-state index contributed by atoms with van der Waals surface area (Å²) in [5.41, 5.74) is 1.42. The minimum atomic E-state index is -0.286. The first-order chi connectivity index (χ1) is 9.69. The summed E-state index contributed by atoms with van der Waals surface area (Å²) in [6.45, 7) is 2.87. The van der Waals surface area contributed by atoms with Crippen LogP contribution in [0.2, 0.25) is 0 Å². The van der Waals surface area contributed by atoms with Gasteiger partial charge in [-0.3, -0.25) is 4.79 Å². The van der Waals surface area contributed by atoms with Gasteiger partial charge in [0.15, 0.2) is 0 Å². The SMILES string of the molecule is CCOc1ccc(C(=O)NCc2ccc(F)cc2)cc1. The Morgan fingerprint density at radius 1 is 1.10 bits per heavy atom. The zero-order valence-electron chi connectivity index (χ0n) is 11.2. The van der Waals surface area contributed by atoms with E-state index >= 15 is 0 Å². The molecule has 0 bridgehead atoms. The summed E-state index contributed by atoms with van der Waals surface area (Å²) >= 11 is 0. The summed E-state index contributed by atoms with van der Waals surface area (Å²) in [6, 6.07) is 13.0. The number of rotatable bonds is 5. The standard InChI is InChI=1S/C16H16FNO2/c1-2-20-15-9-5-13(6-10-15)16(19)18-11-12-3-7-14(17)8-4-12/h3-10H,2,11H2,1H3,(H,18,19). The molecule has 0 aliphatic rings. The van der Waals surface area contributed by atoms with Gasteiger partial charge in [-0.05, 0) is 48.9 Å². The molecular weight excluding hydrogens is 257 g/mol. The molecule has 0 heterocycles. The molecule has 0 radical (unpaired) electrons. The molecule has 0 unspecified atom stereocenters. The molecule has 0 fully saturated rings. The number of benzene rings is 2. The quantitative estimate of drug-likeness (QED) is 0.908. The molecule has 0 aliphatic carbocycles. The maximum absolute atomic E-state index is 12.8. The number of hydrogen-bond acceptors (Lipinski definition) is 2. The highest BCUT2D eigenvalue weighted by Gasteiger charge is 2.05. The molecule has 104 valence electrons. The van der Waals surface area contributed by atoms with E-state index < -0.39 is 0 Å². The Hall–Kier alpha value is -2.36. The molecule has 3 nitrogen and oxygen atoms in total. The number of nitrogens with one attached hydrogen (secondary N) is 1. The zero-order chi connectivity index (χ0) is 14.4. The Kier molecular flexibility index (Phi) is 4.71. The highest BCUT2D eigenvalue weighted by atomic mass is 19.1. The average molecular weight is 273 g/mol. The summed E-state index contributed by atoms with van der Waals surface area (Å²) < 4.78 is 18.1. The van der Waals surface area contributed by atoms with Crippen LogP contribution in [0.15, 0.2) is 48.5 Å². The third kappa shape index (κ3) is 3.82. The van der Waals surface area contributed by atoms with Crippen LogP contribution < -0.4 is 10.1 Å². The van der Waals surface area contributed by atoms with Crippen LogP contribution in [0.5, 0.6) is 5.75 Å². The van der Waals surface area contributed by atoms with E-state index in [2.05, 4.69) is 5.32 Å². The number of ether oxygens (including phenoxy) is 1. The number of hydrogen-bond donors (Lipinski definition) is 1. The molecule has 0 saturated heterocycles. The van der Waals surface area contributed by atoms with E-state index in [1.54, 1.807) is 36.4 Å². The first-order valence-corrected chi connectivity index (χ1v) is 6.44. The fourth-order valence-corrected chi connectivity index (χ4v) is 1.76. The average Bonchev–Trinajstić information content (AvgIpc) is 2.47. The maximum atomic E-state index is 12.8. The van der Waals surface area contributed by atoms with Crippen molar-refractivity contribution < 1.29 is 13.9 Å². The van der Waals surface area contributed by atoms with Crippen LogP contribution in [0.3, 0.4) is 0 Å². The fraction of sp³-hybridized carbons (Fsp3) is 0.188. The van der Waals surface area contributed by atoms with Crippen molar-refractivity contribution >= 4 is 5.91 Å². The van der Waals surface area contributed by atoms with Gasteiger partial charge in [0.2, 0.25) is 0 Å². The second-order valence-electron chi connectivity index (χ2n) is 4.27. The normalized spacial score (nSPS) is 10.1. The molecule has 2 aromatic rings. The van der Waals surface area contributed by atoms with E-state index in [1.165, 1.54) is 12.1 Å². The minimum absolute atomic E-state index is 0.169. The molecule has 0 spiro atoms. The Balaban J connectivity index is 1.92. The minimum Gasteiger partial charge on any atom is -0.494 e. The molecule has 1 N–H and O–H groups in total. The number of carbonyl (C=O) groups excluding carboxylic acids is 1. The molecule has 2 rings (SSSR count). The lowest BCUT2D eigenvalue weighted by Crippen LogP contribution is -2.22. The third-order valence-electron chi connectivity index (χ3n) is 2.79.